The summed E-state index contributed by atoms with van der Waals surface area (Å²) < 4.78 is 87.6. The second kappa shape index (κ2) is 34.9. The van der Waals surface area contributed by atoms with E-state index in [1.807, 2.05) is 0 Å². The van der Waals surface area contributed by atoms with Crippen LogP contribution in [-0.2, 0) is 85.4 Å². The summed E-state index contributed by atoms with van der Waals surface area (Å²) in [5.41, 5.74) is 0. The highest BCUT2D eigenvalue weighted by Gasteiger charge is 2.58. The SMILES string of the molecule is CC(=O)N[C@H]1[C@H](O[C@H]2[C@H](O)[C@@H](NC(C)=O)CO[C@@H]2COC2O[C@H](CO)[C@@H](O)[C@H](O)[C@@H]2O)O[C@H](CO)[C@@H](O[C@@H]2O[C@H](CO[C@H]3O[C@H](CO)[C@@H](O)[C@H](O)[C@@H]3O[C@H]3O[C@H](CO[C@H]4O[C@H](CO)[C@@H](O)[C@H](O)[C@@H]4O)[C@@H](O)[C@H](O)[C@H]3NC(C)=O)[C@@H](O)[C@H](O[C@@H]3O[C@H](CO)[C@@H](O)[C@H](O)[C@@H]3O)[C@@H]2O)[C@@H]1O. The van der Waals surface area contributed by atoms with E-state index in [1.165, 1.54) is 0 Å². The van der Waals surface area contributed by atoms with Crippen LogP contribution >= 0.6 is 0 Å². The Kier molecular flexibility index (Phi) is 28.7. The molecule has 8 fully saturated rings. The fraction of sp³-hybridized carbons (Fsp3) is 0.944. The monoisotopic (exact) mass is 1420 g/mol. The lowest BCUT2D eigenvalue weighted by atomic mass is 9.94. The molecule has 43 heteroatoms. The molecule has 8 rings (SSSR count). The number of carbonyl (C=O) groups is 3. The van der Waals surface area contributed by atoms with Crippen molar-refractivity contribution in [2.24, 2.45) is 0 Å². The van der Waals surface area contributed by atoms with Gasteiger partial charge in [0.2, 0.25) is 17.7 Å². The van der Waals surface area contributed by atoms with Crippen molar-refractivity contribution in [3.63, 3.8) is 0 Å². The van der Waals surface area contributed by atoms with E-state index in [4.69, 9.17) is 71.1 Å². The van der Waals surface area contributed by atoms with Crippen LogP contribution in [0.1, 0.15) is 20.8 Å². The number of aliphatic hydroxyl groups excluding tert-OH is 22. The normalized spacial score (nSPS) is 49.1. The number of rotatable bonds is 25. The molecule has 0 spiro atoms. The van der Waals surface area contributed by atoms with Gasteiger partial charge >= 0.3 is 0 Å². The Hall–Kier alpha value is -3.07. The maximum absolute atomic E-state index is 13.0. The van der Waals surface area contributed by atoms with Gasteiger partial charge in [0, 0.05) is 20.8 Å². The summed E-state index contributed by atoms with van der Waals surface area (Å²) in [7, 11) is 0. The fourth-order valence-corrected chi connectivity index (χ4v) is 12.3. The molecule has 8 aliphatic heterocycles. The Labute approximate surface area is 549 Å². The lowest BCUT2D eigenvalue weighted by Crippen LogP contribution is -2.70. The van der Waals surface area contributed by atoms with Gasteiger partial charge in [0.1, 0.15) is 189 Å². The average Bonchev–Trinajstić information content (AvgIpc) is 0.782. The number of carbonyl (C=O) groups excluding carboxylic acids is 3. The van der Waals surface area contributed by atoms with Crippen molar-refractivity contribution in [2.45, 2.75) is 260 Å². The molecule has 8 saturated heterocycles. The summed E-state index contributed by atoms with van der Waals surface area (Å²) >= 11 is 0. The number of hydrogen-bond donors (Lipinski definition) is 25. The van der Waals surface area contributed by atoms with Crippen LogP contribution in [0.2, 0.25) is 0 Å². The van der Waals surface area contributed by atoms with Crippen molar-refractivity contribution in [3.05, 3.63) is 0 Å². The van der Waals surface area contributed by atoms with Crippen molar-refractivity contribution in [2.75, 3.05) is 59.5 Å². The number of amides is 3. The Morgan fingerprint density at radius 1 is 0.299 bits per heavy atom. The zero-order valence-corrected chi connectivity index (χ0v) is 52.1. The Morgan fingerprint density at radius 3 is 1.11 bits per heavy atom. The predicted molar refractivity (Wildman–Crippen MR) is 298 cm³/mol. The van der Waals surface area contributed by atoms with Crippen LogP contribution in [-0.4, -0.2) is 429 Å². The van der Waals surface area contributed by atoms with Gasteiger partial charge in [0.15, 0.2) is 44.0 Å². The highest BCUT2D eigenvalue weighted by atomic mass is 16.8. The number of aliphatic hydroxyl groups is 22. The minimum atomic E-state index is -2.38. The van der Waals surface area contributed by atoms with Gasteiger partial charge in [-0.1, -0.05) is 0 Å². The Morgan fingerprint density at radius 2 is 0.629 bits per heavy atom. The standard InChI is InChI=1S/C54H91N3O40/c1-13(63)55-16-9-83-24(12-85-51-41(80)37(76)29(68)18(5-59)88-51)45(27(16)66)94-49-26(57-15(3)65)35(74)44(21(8-62)91-49)95-53-43(82)46(96-52-42(81)38(77)30(69)19(6-60)89-52)33(72)23(93-53)11-86-54-47(39(78)31(70)20(7-61)90-54)97-48-25(56-14(2)64)34(73)32(71)22(92-48)10-84-50-40(79)36(75)28(67)17(4-58)87-50/h16-54,58-62,66-82H,4-12H2,1-3H3,(H,55,63)(H,56,64)(H,57,65)/t16-,17+,18+,19+,20+,21+,22+,23+,24+,25+,26+,27+,28+,29+,30+,31+,32+,33+,34+,35+,36-,37-,38-,39-,40-,41-,42-,43-,44+,45+,46-,47-,48+,49-,50-,51?,52-,53-,54-/m0/s1. The van der Waals surface area contributed by atoms with E-state index in [0.717, 1.165) is 20.8 Å². The van der Waals surface area contributed by atoms with Gasteiger partial charge in [-0.25, -0.2) is 0 Å². The maximum atomic E-state index is 13.0. The second-order valence-electron chi connectivity index (χ2n) is 24.6. The number of hydrogen-bond acceptors (Lipinski definition) is 40. The maximum Gasteiger partial charge on any atom is 0.217 e. The van der Waals surface area contributed by atoms with Crippen LogP contribution in [0.5, 0.6) is 0 Å². The lowest BCUT2D eigenvalue weighted by Gasteiger charge is -2.50. The van der Waals surface area contributed by atoms with Crippen molar-refractivity contribution in [1.82, 2.24) is 16.0 Å². The van der Waals surface area contributed by atoms with Gasteiger partial charge in [0.25, 0.3) is 0 Å². The summed E-state index contributed by atoms with van der Waals surface area (Å²) in [6, 6.07) is -4.89. The molecule has 39 atom stereocenters. The smallest absolute Gasteiger partial charge is 0.217 e. The zero-order valence-electron chi connectivity index (χ0n) is 52.1. The van der Waals surface area contributed by atoms with Crippen LogP contribution in [0, 0.1) is 0 Å². The van der Waals surface area contributed by atoms with E-state index in [-0.39, 0.29) is 0 Å². The van der Waals surface area contributed by atoms with Crippen LogP contribution in [0.25, 0.3) is 0 Å². The fourth-order valence-electron chi connectivity index (χ4n) is 12.3. The molecule has 8 aliphatic rings. The Bertz CT molecular complexity index is 2470. The summed E-state index contributed by atoms with van der Waals surface area (Å²) in [6.45, 7) is -4.86. The molecule has 0 aromatic rings. The van der Waals surface area contributed by atoms with Crippen LogP contribution in [0.4, 0.5) is 0 Å². The molecule has 0 radical (unpaired) electrons. The predicted octanol–water partition coefficient (Wildman–Crippen LogP) is -17.3. The molecule has 43 nitrogen and oxygen atoms in total. The van der Waals surface area contributed by atoms with Crippen molar-refractivity contribution >= 4 is 17.7 Å². The highest BCUT2D eigenvalue weighted by molar-refractivity contribution is 5.74. The quantitative estimate of drug-likeness (QED) is 0.0404. The first-order valence-corrected chi connectivity index (χ1v) is 31.0. The van der Waals surface area contributed by atoms with E-state index in [9.17, 15) is 127 Å². The van der Waals surface area contributed by atoms with Gasteiger partial charge < -0.3 is 199 Å². The third-order valence-corrected chi connectivity index (χ3v) is 17.7. The van der Waals surface area contributed by atoms with Crippen molar-refractivity contribution in [1.29, 1.82) is 0 Å². The van der Waals surface area contributed by atoms with Gasteiger partial charge in [-0.05, 0) is 0 Å². The molecule has 8 heterocycles. The zero-order chi connectivity index (χ0) is 71.3. The molecular formula is C54H91N3O40. The van der Waals surface area contributed by atoms with E-state index in [1.54, 1.807) is 0 Å². The minimum absolute atomic E-state index is 0.422. The summed E-state index contributed by atoms with van der Waals surface area (Å²) in [6.07, 6.45) is -70.0. The largest absolute Gasteiger partial charge is 0.394 e. The van der Waals surface area contributed by atoms with Crippen LogP contribution in [0.15, 0.2) is 0 Å². The number of nitrogens with one attached hydrogen (secondary N) is 3. The third kappa shape index (κ3) is 17.9. The first-order valence-electron chi connectivity index (χ1n) is 31.0. The third-order valence-electron chi connectivity index (χ3n) is 17.7. The Balaban J connectivity index is 1.06. The lowest BCUT2D eigenvalue weighted by molar-refractivity contribution is -0.387. The van der Waals surface area contributed by atoms with Gasteiger partial charge in [-0.15, -0.1) is 0 Å². The van der Waals surface area contributed by atoms with E-state index >= 15 is 0 Å². The van der Waals surface area contributed by atoms with E-state index in [2.05, 4.69) is 16.0 Å². The molecule has 0 aliphatic carbocycles. The summed E-state index contributed by atoms with van der Waals surface area (Å²) in [5.74, 6) is -2.41. The number of ether oxygens (including phenoxy) is 15. The van der Waals surface area contributed by atoms with Gasteiger partial charge in [0.05, 0.1) is 65.5 Å². The summed E-state index contributed by atoms with van der Waals surface area (Å²) in [5, 5.41) is 246. The van der Waals surface area contributed by atoms with Crippen LogP contribution in [0.3, 0.4) is 0 Å². The van der Waals surface area contributed by atoms with Crippen molar-refractivity contribution in [3.8, 4) is 0 Å². The molecule has 3 amide bonds. The first-order chi connectivity index (χ1) is 45.9. The molecule has 0 aromatic carbocycles. The minimum Gasteiger partial charge on any atom is -0.394 e. The van der Waals surface area contributed by atoms with Crippen molar-refractivity contribution < 1.29 is 198 Å². The van der Waals surface area contributed by atoms with E-state index < -0.39 is 316 Å². The topological polar surface area (TPSA) is 671 Å². The molecule has 562 valence electrons. The molecule has 0 bridgehead atoms. The average molecular weight is 1420 g/mol. The molecular weight excluding hydrogens is 1330 g/mol. The first kappa shape index (κ1) is 79.6. The van der Waals surface area contributed by atoms with Gasteiger partial charge in [-0.3, -0.25) is 14.4 Å². The van der Waals surface area contributed by atoms with E-state index in [0.29, 0.717) is 0 Å². The molecule has 97 heavy (non-hydrogen) atoms. The molecule has 1 unspecified atom stereocenters. The summed E-state index contributed by atoms with van der Waals surface area (Å²) in [4.78, 5) is 37.8. The second-order valence-corrected chi connectivity index (χ2v) is 24.6. The van der Waals surface area contributed by atoms with Crippen LogP contribution < -0.4 is 16.0 Å². The highest BCUT2D eigenvalue weighted by Crippen LogP contribution is 2.37. The molecule has 0 aromatic heterocycles. The molecule has 25 N–H and O–H groups in total. The molecule has 0 saturated carbocycles. The van der Waals surface area contributed by atoms with Gasteiger partial charge in [-0.2, -0.15) is 0 Å².